The van der Waals surface area contributed by atoms with Gasteiger partial charge in [-0.15, -0.1) is 0 Å². The van der Waals surface area contributed by atoms with E-state index in [1.807, 2.05) is 11.8 Å². The Kier molecular flexibility index (Phi) is 8.20. The van der Waals surface area contributed by atoms with Gasteiger partial charge < -0.3 is 15.1 Å². The average Bonchev–Trinajstić information content (AvgIpc) is 3.44. The van der Waals surface area contributed by atoms with Crippen LogP contribution in [0, 0.1) is 5.82 Å². The van der Waals surface area contributed by atoms with Crippen LogP contribution in [-0.2, 0) is 6.54 Å². The second-order valence-electron chi connectivity index (χ2n) is 9.64. The number of hydrogen-bond donors (Lipinski definition) is 1. The number of hydrogen-bond acceptors (Lipinski definition) is 6. The zero-order chi connectivity index (χ0) is 25.8. The third kappa shape index (κ3) is 6.04. The van der Waals surface area contributed by atoms with Crippen molar-refractivity contribution >= 4 is 28.9 Å². The highest BCUT2D eigenvalue weighted by Gasteiger charge is 2.24. The minimum absolute atomic E-state index is 0.0598. The Labute approximate surface area is 220 Å². The first kappa shape index (κ1) is 25.9. The second kappa shape index (κ2) is 11.7. The van der Waals surface area contributed by atoms with Crippen LogP contribution >= 0.6 is 11.8 Å². The number of nitrogens with one attached hydrogen (secondary N) is 1. The minimum atomic E-state index is -2.65. The maximum absolute atomic E-state index is 15.3. The van der Waals surface area contributed by atoms with Crippen LogP contribution in [0.3, 0.4) is 0 Å². The fourth-order valence-corrected chi connectivity index (χ4v) is 5.98. The lowest BCUT2D eigenvalue weighted by Crippen LogP contribution is -2.39. The molecule has 2 aromatic carbocycles. The predicted molar refractivity (Wildman–Crippen MR) is 147 cm³/mol. The topological polar surface area (TPSA) is 43.2 Å². The number of thioether (sulfide) groups is 1. The molecule has 0 unspecified atom stereocenters. The summed E-state index contributed by atoms with van der Waals surface area (Å²) in [4.78, 5) is 4.34. The minimum Gasteiger partial charge on any atom is -0.357 e. The summed E-state index contributed by atoms with van der Waals surface area (Å²) >= 11 is 1.93. The number of piperidine rings is 1. The van der Waals surface area contributed by atoms with Crippen molar-refractivity contribution in [3.63, 3.8) is 0 Å². The molecule has 3 aliphatic rings. The van der Waals surface area contributed by atoms with Gasteiger partial charge in [0.25, 0.3) is 6.43 Å². The van der Waals surface area contributed by atoms with Gasteiger partial charge in [0, 0.05) is 47.8 Å². The molecule has 2 saturated heterocycles. The first-order valence-corrected chi connectivity index (χ1v) is 13.9. The van der Waals surface area contributed by atoms with Gasteiger partial charge in [-0.1, -0.05) is 30.8 Å². The first-order chi connectivity index (χ1) is 18.0. The molecule has 0 saturated carbocycles. The molecule has 37 heavy (non-hydrogen) atoms. The zero-order valence-corrected chi connectivity index (χ0v) is 21.6. The zero-order valence-electron chi connectivity index (χ0n) is 20.8. The van der Waals surface area contributed by atoms with Crippen LogP contribution in [0.25, 0.3) is 0 Å². The van der Waals surface area contributed by atoms with E-state index in [9.17, 15) is 8.78 Å². The van der Waals surface area contributed by atoms with Crippen LogP contribution in [0.4, 0.5) is 18.9 Å². The summed E-state index contributed by atoms with van der Waals surface area (Å²) in [6.07, 6.45) is -0.447. The van der Waals surface area contributed by atoms with Crippen molar-refractivity contribution in [2.45, 2.75) is 38.2 Å². The lowest BCUT2D eigenvalue weighted by atomic mass is 9.90. The number of halogens is 3. The molecule has 3 heterocycles. The van der Waals surface area contributed by atoms with Crippen LogP contribution in [0.15, 0.2) is 65.1 Å². The molecule has 0 amide bonds. The average molecular weight is 528 g/mol. The second-order valence-corrected chi connectivity index (χ2v) is 10.9. The molecular weight excluding hydrogens is 495 g/mol. The Morgan fingerprint density at radius 1 is 1.08 bits per heavy atom. The van der Waals surface area contributed by atoms with E-state index in [-0.39, 0.29) is 12.1 Å². The van der Waals surface area contributed by atoms with Crippen LogP contribution in [0.5, 0.6) is 0 Å². The van der Waals surface area contributed by atoms with E-state index in [0.717, 1.165) is 62.0 Å². The van der Waals surface area contributed by atoms with Gasteiger partial charge in [-0.3, -0.25) is 0 Å². The molecule has 196 valence electrons. The Bertz CT molecular complexity index is 1170. The van der Waals surface area contributed by atoms with E-state index >= 15 is 4.39 Å². The Hall–Kier alpha value is -2.78. The summed E-state index contributed by atoms with van der Waals surface area (Å²) in [6.45, 7) is 8.61. The standard InChI is InChI=1S/C28H32F3N5S/c1-19(35-12-14-37-15-13-35)36(24-6-4-20(5-7-24)21-8-10-32-11-9-21)18-23-3-2-22(16-25(23)29)26-17-27(28(30)31)34-33-26/h2-7,16,21,28,32H,1,8-15,17-18H2. The molecule has 3 aliphatic heterocycles. The normalized spacial score (nSPS) is 18.6. The summed E-state index contributed by atoms with van der Waals surface area (Å²) < 4.78 is 41.2. The summed E-state index contributed by atoms with van der Waals surface area (Å²) in [6, 6.07) is 13.4. The number of benzene rings is 2. The summed E-state index contributed by atoms with van der Waals surface area (Å²) in [5.41, 5.74) is 3.37. The van der Waals surface area contributed by atoms with E-state index in [1.165, 1.54) is 11.6 Å². The van der Waals surface area contributed by atoms with Gasteiger partial charge in [0.05, 0.1) is 12.3 Å². The Morgan fingerprint density at radius 2 is 1.81 bits per heavy atom. The van der Waals surface area contributed by atoms with Crippen LogP contribution in [0.1, 0.15) is 41.9 Å². The summed E-state index contributed by atoms with van der Waals surface area (Å²) in [5, 5.41) is 10.8. The molecule has 0 bridgehead atoms. The smallest absolute Gasteiger partial charge is 0.278 e. The highest BCUT2D eigenvalue weighted by molar-refractivity contribution is 7.99. The molecular formula is C28H32F3N5S. The number of nitrogens with zero attached hydrogens (tertiary/aromatic N) is 4. The first-order valence-electron chi connectivity index (χ1n) is 12.8. The molecule has 2 aromatic rings. The molecule has 0 radical (unpaired) electrons. The van der Waals surface area contributed by atoms with Gasteiger partial charge >= 0.3 is 0 Å². The SMILES string of the molecule is C=C(N1CCSCC1)N(Cc1ccc(C2=NN=C(C(F)F)C2)cc1F)c1ccc(C2CCNCC2)cc1. The van der Waals surface area contributed by atoms with Crippen LogP contribution < -0.4 is 10.2 Å². The van der Waals surface area contributed by atoms with E-state index in [1.54, 1.807) is 12.1 Å². The van der Waals surface area contributed by atoms with E-state index in [0.29, 0.717) is 29.3 Å². The van der Waals surface area contributed by atoms with Gasteiger partial charge in [-0.25, -0.2) is 13.2 Å². The van der Waals surface area contributed by atoms with Gasteiger partial charge in [0.15, 0.2) is 0 Å². The monoisotopic (exact) mass is 527 g/mol. The number of anilines is 1. The number of rotatable bonds is 8. The highest BCUT2D eigenvalue weighted by Crippen LogP contribution is 2.31. The summed E-state index contributed by atoms with van der Waals surface area (Å²) in [5.74, 6) is 3.09. The third-order valence-corrected chi connectivity index (χ3v) is 8.26. The molecule has 0 atom stereocenters. The van der Waals surface area contributed by atoms with Crippen molar-refractivity contribution in [3.8, 4) is 0 Å². The molecule has 0 aliphatic carbocycles. The van der Waals surface area contributed by atoms with E-state index < -0.39 is 12.2 Å². The van der Waals surface area contributed by atoms with Crippen molar-refractivity contribution in [1.29, 1.82) is 0 Å². The van der Waals surface area contributed by atoms with Crippen molar-refractivity contribution in [2.24, 2.45) is 10.2 Å². The van der Waals surface area contributed by atoms with Gasteiger partial charge in [0.1, 0.15) is 17.3 Å². The Balaban J connectivity index is 1.37. The lowest BCUT2D eigenvalue weighted by molar-refractivity contribution is 0.224. The maximum Gasteiger partial charge on any atom is 0.278 e. The van der Waals surface area contributed by atoms with E-state index in [2.05, 4.69) is 56.2 Å². The van der Waals surface area contributed by atoms with Crippen molar-refractivity contribution in [3.05, 3.63) is 77.4 Å². The van der Waals surface area contributed by atoms with Gasteiger partial charge in [-0.05, 0) is 55.6 Å². The third-order valence-electron chi connectivity index (χ3n) is 7.32. The summed E-state index contributed by atoms with van der Waals surface area (Å²) in [7, 11) is 0. The maximum atomic E-state index is 15.3. The highest BCUT2D eigenvalue weighted by atomic mass is 32.2. The van der Waals surface area contributed by atoms with E-state index in [4.69, 9.17) is 0 Å². The predicted octanol–water partition coefficient (Wildman–Crippen LogP) is 5.63. The van der Waals surface area contributed by atoms with Gasteiger partial charge in [-0.2, -0.15) is 22.0 Å². The molecule has 1 N–H and O–H groups in total. The molecule has 0 spiro atoms. The molecule has 2 fully saturated rings. The van der Waals surface area contributed by atoms with Crippen LogP contribution in [0.2, 0.25) is 0 Å². The van der Waals surface area contributed by atoms with Crippen molar-refractivity contribution < 1.29 is 13.2 Å². The lowest BCUT2D eigenvalue weighted by Gasteiger charge is -2.37. The fourth-order valence-electron chi connectivity index (χ4n) is 5.08. The molecule has 5 rings (SSSR count). The Morgan fingerprint density at radius 3 is 2.46 bits per heavy atom. The van der Waals surface area contributed by atoms with Crippen molar-refractivity contribution in [1.82, 2.24) is 10.2 Å². The number of alkyl halides is 2. The van der Waals surface area contributed by atoms with Crippen LogP contribution in [-0.4, -0.2) is 60.4 Å². The molecule has 0 aromatic heterocycles. The fraction of sp³-hybridized carbons (Fsp3) is 0.429. The van der Waals surface area contributed by atoms with Crippen molar-refractivity contribution in [2.75, 3.05) is 42.6 Å². The molecule has 5 nitrogen and oxygen atoms in total. The largest absolute Gasteiger partial charge is 0.357 e. The quantitative estimate of drug-likeness (QED) is 0.483. The molecule has 9 heteroatoms. The van der Waals surface area contributed by atoms with Gasteiger partial charge in [0.2, 0.25) is 0 Å².